The summed E-state index contributed by atoms with van der Waals surface area (Å²) >= 11 is 3.55. The Balaban J connectivity index is 1.72. The molecule has 94 valence electrons. The van der Waals surface area contributed by atoms with E-state index in [9.17, 15) is 0 Å². The monoisotopic (exact) mass is 298 g/mol. The maximum absolute atomic E-state index is 5.22. The minimum atomic E-state index is 0.792. The smallest absolute Gasteiger partial charge is 0.119 e. The van der Waals surface area contributed by atoms with Crippen LogP contribution >= 0.6 is 15.9 Å². The lowest BCUT2D eigenvalue weighted by Crippen LogP contribution is -2.28. The summed E-state index contributed by atoms with van der Waals surface area (Å²) in [5.74, 6) is 0.904. The second-order valence-electron chi connectivity index (χ2n) is 4.36. The van der Waals surface area contributed by atoms with E-state index in [4.69, 9.17) is 4.74 Å². The summed E-state index contributed by atoms with van der Waals surface area (Å²) in [4.78, 5) is 0. The molecule has 1 aromatic rings. The Morgan fingerprint density at radius 1 is 1.35 bits per heavy atom. The van der Waals surface area contributed by atoms with Crippen LogP contribution in [0.15, 0.2) is 22.7 Å². The van der Waals surface area contributed by atoms with Gasteiger partial charge < -0.3 is 15.4 Å². The van der Waals surface area contributed by atoms with Gasteiger partial charge in [-0.3, -0.25) is 0 Å². The Morgan fingerprint density at radius 3 is 2.88 bits per heavy atom. The lowest BCUT2D eigenvalue weighted by atomic mass is 10.2. The number of benzene rings is 1. The number of nitrogens with one attached hydrogen (secondary N) is 2. The molecule has 1 aliphatic carbocycles. The standard InChI is InChI=1S/C13H19BrN2O/c1-17-12-4-5-13(14)10(8-12)9-15-6-7-16-11-2-3-11/h4-5,8,11,15-16H,2-3,6-7,9H2,1H3. The molecule has 0 unspecified atom stereocenters. The van der Waals surface area contributed by atoms with E-state index in [1.165, 1.54) is 18.4 Å². The predicted molar refractivity (Wildman–Crippen MR) is 73.4 cm³/mol. The first-order valence-electron chi connectivity index (χ1n) is 6.06. The molecule has 1 aliphatic rings. The molecule has 1 saturated carbocycles. The Bertz CT molecular complexity index is 366. The van der Waals surface area contributed by atoms with Crippen molar-refractivity contribution >= 4 is 15.9 Å². The molecule has 1 aromatic carbocycles. The van der Waals surface area contributed by atoms with Gasteiger partial charge in [0.05, 0.1) is 7.11 Å². The molecule has 0 aromatic heterocycles. The summed E-state index contributed by atoms with van der Waals surface area (Å²) in [5.41, 5.74) is 1.23. The molecular weight excluding hydrogens is 280 g/mol. The van der Waals surface area contributed by atoms with E-state index in [-0.39, 0.29) is 0 Å². The molecule has 0 amide bonds. The minimum Gasteiger partial charge on any atom is -0.497 e. The highest BCUT2D eigenvalue weighted by Gasteiger charge is 2.19. The highest BCUT2D eigenvalue weighted by atomic mass is 79.9. The van der Waals surface area contributed by atoms with Crippen LogP contribution in [0.2, 0.25) is 0 Å². The molecule has 4 heteroatoms. The number of halogens is 1. The van der Waals surface area contributed by atoms with E-state index in [0.717, 1.165) is 35.9 Å². The minimum absolute atomic E-state index is 0.792. The van der Waals surface area contributed by atoms with Gasteiger partial charge in [-0.2, -0.15) is 0 Å². The maximum atomic E-state index is 5.22. The van der Waals surface area contributed by atoms with Crippen LogP contribution in [0.25, 0.3) is 0 Å². The number of rotatable bonds is 7. The molecule has 0 heterocycles. The molecule has 2 N–H and O–H groups in total. The zero-order valence-corrected chi connectivity index (χ0v) is 11.7. The predicted octanol–water partition coefficient (Wildman–Crippen LogP) is 2.30. The lowest BCUT2D eigenvalue weighted by molar-refractivity contribution is 0.414. The molecule has 17 heavy (non-hydrogen) atoms. The fourth-order valence-corrected chi connectivity index (χ4v) is 2.08. The van der Waals surface area contributed by atoms with E-state index >= 15 is 0 Å². The Kier molecular flexibility index (Phi) is 4.83. The normalized spacial score (nSPS) is 14.9. The fourth-order valence-electron chi connectivity index (χ4n) is 1.69. The zero-order valence-electron chi connectivity index (χ0n) is 10.1. The zero-order chi connectivity index (χ0) is 12.1. The second kappa shape index (κ2) is 6.38. The first-order chi connectivity index (χ1) is 8.29. The van der Waals surface area contributed by atoms with Crippen molar-refractivity contribution in [2.75, 3.05) is 20.2 Å². The van der Waals surface area contributed by atoms with Gasteiger partial charge in [0, 0.05) is 30.1 Å². The summed E-state index contributed by atoms with van der Waals surface area (Å²) in [6.45, 7) is 2.91. The molecule has 0 atom stereocenters. The molecule has 0 bridgehead atoms. The first kappa shape index (κ1) is 12.9. The van der Waals surface area contributed by atoms with Gasteiger partial charge in [-0.1, -0.05) is 15.9 Å². The quantitative estimate of drug-likeness (QED) is 0.758. The third-order valence-corrected chi connectivity index (χ3v) is 3.65. The van der Waals surface area contributed by atoms with Crippen LogP contribution in [0, 0.1) is 0 Å². The molecule has 0 saturated heterocycles. The van der Waals surface area contributed by atoms with Gasteiger partial charge in [-0.15, -0.1) is 0 Å². The number of hydrogen-bond donors (Lipinski definition) is 2. The van der Waals surface area contributed by atoms with Crippen molar-refractivity contribution in [3.8, 4) is 5.75 Å². The molecule has 3 nitrogen and oxygen atoms in total. The summed E-state index contributed by atoms with van der Waals surface area (Å²) < 4.78 is 6.34. The van der Waals surface area contributed by atoms with Crippen LogP contribution in [0.3, 0.4) is 0 Å². The van der Waals surface area contributed by atoms with Crippen molar-refractivity contribution in [1.82, 2.24) is 10.6 Å². The van der Waals surface area contributed by atoms with Crippen LogP contribution in [-0.4, -0.2) is 26.2 Å². The van der Waals surface area contributed by atoms with E-state index < -0.39 is 0 Å². The van der Waals surface area contributed by atoms with Gasteiger partial charge in [0.2, 0.25) is 0 Å². The number of ether oxygens (including phenoxy) is 1. The van der Waals surface area contributed by atoms with Crippen LogP contribution in [-0.2, 0) is 6.54 Å². The summed E-state index contributed by atoms with van der Waals surface area (Å²) in [6.07, 6.45) is 2.70. The third kappa shape index (κ3) is 4.30. The summed E-state index contributed by atoms with van der Waals surface area (Å²) in [7, 11) is 1.69. The third-order valence-electron chi connectivity index (χ3n) is 2.88. The van der Waals surface area contributed by atoms with Crippen molar-refractivity contribution in [2.45, 2.75) is 25.4 Å². The molecule has 1 fully saturated rings. The highest BCUT2D eigenvalue weighted by Crippen LogP contribution is 2.22. The van der Waals surface area contributed by atoms with E-state index in [1.807, 2.05) is 12.1 Å². The van der Waals surface area contributed by atoms with Gasteiger partial charge in [0.15, 0.2) is 0 Å². The van der Waals surface area contributed by atoms with E-state index in [1.54, 1.807) is 7.11 Å². The molecule has 0 aliphatic heterocycles. The van der Waals surface area contributed by atoms with Crippen LogP contribution < -0.4 is 15.4 Å². The van der Waals surface area contributed by atoms with Crippen molar-refractivity contribution in [2.24, 2.45) is 0 Å². The van der Waals surface area contributed by atoms with Gasteiger partial charge in [-0.25, -0.2) is 0 Å². The van der Waals surface area contributed by atoms with Crippen molar-refractivity contribution in [3.05, 3.63) is 28.2 Å². The molecule has 0 spiro atoms. The van der Waals surface area contributed by atoms with Gasteiger partial charge >= 0.3 is 0 Å². The van der Waals surface area contributed by atoms with Crippen molar-refractivity contribution in [1.29, 1.82) is 0 Å². The molecule has 2 rings (SSSR count). The molecular formula is C13H19BrN2O. The lowest BCUT2D eigenvalue weighted by Gasteiger charge is -2.09. The Hall–Kier alpha value is -0.580. The topological polar surface area (TPSA) is 33.3 Å². The van der Waals surface area contributed by atoms with E-state index in [2.05, 4.69) is 32.6 Å². The van der Waals surface area contributed by atoms with Crippen LogP contribution in [0.5, 0.6) is 5.75 Å². The number of hydrogen-bond acceptors (Lipinski definition) is 3. The fraction of sp³-hybridized carbons (Fsp3) is 0.538. The van der Waals surface area contributed by atoms with Gasteiger partial charge in [0.1, 0.15) is 5.75 Å². The van der Waals surface area contributed by atoms with Gasteiger partial charge in [0.25, 0.3) is 0 Å². The van der Waals surface area contributed by atoms with Crippen molar-refractivity contribution < 1.29 is 4.74 Å². The average molecular weight is 299 g/mol. The van der Waals surface area contributed by atoms with Crippen LogP contribution in [0.4, 0.5) is 0 Å². The Morgan fingerprint density at radius 2 is 2.18 bits per heavy atom. The second-order valence-corrected chi connectivity index (χ2v) is 5.22. The average Bonchev–Trinajstić information content (AvgIpc) is 3.15. The maximum Gasteiger partial charge on any atom is 0.119 e. The molecule has 0 radical (unpaired) electrons. The highest BCUT2D eigenvalue weighted by molar-refractivity contribution is 9.10. The summed E-state index contributed by atoms with van der Waals surface area (Å²) in [5, 5.41) is 6.91. The first-order valence-corrected chi connectivity index (χ1v) is 6.85. The van der Waals surface area contributed by atoms with Crippen molar-refractivity contribution in [3.63, 3.8) is 0 Å². The van der Waals surface area contributed by atoms with Crippen LogP contribution in [0.1, 0.15) is 18.4 Å². The van der Waals surface area contributed by atoms with E-state index in [0.29, 0.717) is 0 Å². The SMILES string of the molecule is COc1ccc(Br)c(CNCCNC2CC2)c1. The Labute approximate surface area is 111 Å². The number of methoxy groups -OCH3 is 1. The largest absolute Gasteiger partial charge is 0.497 e. The van der Waals surface area contributed by atoms with Gasteiger partial charge in [-0.05, 0) is 36.6 Å². The summed E-state index contributed by atoms with van der Waals surface area (Å²) in [6, 6.07) is 6.84.